The lowest BCUT2D eigenvalue weighted by Gasteiger charge is -2.31. The fourth-order valence-electron chi connectivity index (χ4n) is 3.95. The lowest BCUT2D eigenvalue weighted by molar-refractivity contribution is -0.126. The molecule has 2 N–H and O–H groups in total. The molecule has 0 aromatic rings. The molecule has 1 saturated carbocycles. The summed E-state index contributed by atoms with van der Waals surface area (Å²) in [4.78, 5) is 12.3. The van der Waals surface area contributed by atoms with Crippen LogP contribution in [0.1, 0.15) is 65.2 Å². The van der Waals surface area contributed by atoms with Gasteiger partial charge in [-0.15, -0.1) is 0 Å². The van der Waals surface area contributed by atoms with Crippen LogP contribution in [0.25, 0.3) is 0 Å². The van der Waals surface area contributed by atoms with Gasteiger partial charge in [0, 0.05) is 12.5 Å². The van der Waals surface area contributed by atoms with Gasteiger partial charge in [-0.05, 0) is 62.9 Å². The van der Waals surface area contributed by atoms with Gasteiger partial charge in [0.15, 0.2) is 0 Å². The molecule has 2 rings (SSSR count). The van der Waals surface area contributed by atoms with Crippen LogP contribution in [0.4, 0.5) is 0 Å². The van der Waals surface area contributed by atoms with Gasteiger partial charge >= 0.3 is 0 Å². The van der Waals surface area contributed by atoms with Gasteiger partial charge in [0.1, 0.15) is 0 Å². The maximum Gasteiger partial charge on any atom is 0.223 e. The zero-order chi connectivity index (χ0) is 15.1. The molecule has 2 fully saturated rings. The summed E-state index contributed by atoms with van der Waals surface area (Å²) < 4.78 is 0. The van der Waals surface area contributed by atoms with Crippen LogP contribution in [-0.4, -0.2) is 25.5 Å². The number of carbonyl (C=O) groups excluding carboxylic acids is 1. The molecule has 3 nitrogen and oxygen atoms in total. The monoisotopic (exact) mass is 294 g/mol. The van der Waals surface area contributed by atoms with E-state index in [0.29, 0.717) is 23.7 Å². The van der Waals surface area contributed by atoms with Gasteiger partial charge in [-0.2, -0.15) is 0 Å². The molecule has 2 unspecified atom stereocenters. The van der Waals surface area contributed by atoms with Crippen LogP contribution in [0.3, 0.4) is 0 Å². The SMILES string of the molecule is CCCCC1CCC(C(=O)NCC2CCNCC2C)CC1. The first-order valence-corrected chi connectivity index (χ1v) is 9.19. The van der Waals surface area contributed by atoms with Crippen molar-refractivity contribution < 1.29 is 4.79 Å². The summed E-state index contributed by atoms with van der Waals surface area (Å²) in [7, 11) is 0. The van der Waals surface area contributed by atoms with E-state index in [2.05, 4.69) is 24.5 Å². The Morgan fingerprint density at radius 1 is 1.19 bits per heavy atom. The molecule has 1 aliphatic heterocycles. The Hall–Kier alpha value is -0.570. The number of rotatable bonds is 6. The standard InChI is InChI=1S/C18H34N2O/c1-3-4-5-15-6-8-16(9-7-15)18(21)20-13-17-10-11-19-12-14(17)2/h14-17,19H,3-13H2,1-2H3,(H,20,21). The van der Waals surface area contributed by atoms with Crippen LogP contribution < -0.4 is 10.6 Å². The van der Waals surface area contributed by atoms with Crippen LogP contribution in [0.5, 0.6) is 0 Å². The highest BCUT2D eigenvalue weighted by molar-refractivity contribution is 5.78. The second-order valence-corrected chi connectivity index (χ2v) is 7.34. The number of piperidine rings is 1. The van der Waals surface area contributed by atoms with Gasteiger partial charge < -0.3 is 10.6 Å². The van der Waals surface area contributed by atoms with Gasteiger partial charge in [-0.1, -0.05) is 33.1 Å². The number of carbonyl (C=O) groups is 1. The van der Waals surface area contributed by atoms with Gasteiger partial charge in [-0.25, -0.2) is 0 Å². The molecular formula is C18H34N2O. The Bertz CT molecular complexity index is 310. The lowest BCUT2D eigenvalue weighted by Crippen LogP contribution is -2.43. The van der Waals surface area contributed by atoms with Crippen LogP contribution in [-0.2, 0) is 4.79 Å². The first-order valence-electron chi connectivity index (χ1n) is 9.19. The van der Waals surface area contributed by atoms with E-state index < -0.39 is 0 Å². The number of hydrogen-bond acceptors (Lipinski definition) is 2. The Kier molecular flexibility index (Phi) is 7.01. The fraction of sp³-hybridized carbons (Fsp3) is 0.944. The number of hydrogen-bond donors (Lipinski definition) is 2. The number of nitrogens with one attached hydrogen (secondary N) is 2. The summed E-state index contributed by atoms with van der Waals surface area (Å²) >= 11 is 0. The van der Waals surface area contributed by atoms with Crippen molar-refractivity contribution in [3.05, 3.63) is 0 Å². The molecule has 1 aliphatic carbocycles. The highest BCUT2D eigenvalue weighted by Crippen LogP contribution is 2.32. The largest absolute Gasteiger partial charge is 0.356 e. The van der Waals surface area contributed by atoms with Gasteiger partial charge in [-0.3, -0.25) is 4.79 Å². The lowest BCUT2D eigenvalue weighted by atomic mass is 9.79. The zero-order valence-corrected chi connectivity index (χ0v) is 14.0. The summed E-state index contributed by atoms with van der Waals surface area (Å²) in [5.74, 6) is 2.85. The Morgan fingerprint density at radius 2 is 1.95 bits per heavy atom. The molecule has 0 aromatic carbocycles. The topological polar surface area (TPSA) is 41.1 Å². The van der Waals surface area contributed by atoms with E-state index >= 15 is 0 Å². The molecule has 1 heterocycles. The molecule has 2 atom stereocenters. The molecule has 0 radical (unpaired) electrons. The fourth-order valence-corrected chi connectivity index (χ4v) is 3.95. The Balaban J connectivity index is 1.65. The second-order valence-electron chi connectivity index (χ2n) is 7.34. The van der Waals surface area contributed by atoms with E-state index in [4.69, 9.17) is 0 Å². The molecule has 21 heavy (non-hydrogen) atoms. The van der Waals surface area contributed by atoms with E-state index in [-0.39, 0.29) is 0 Å². The Morgan fingerprint density at radius 3 is 2.62 bits per heavy atom. The van der Waals surface area contributed by atoms with Gasteiger partial charge in [0.2, 0.25) is 5.91 Å². The molecule has 0 spiro atoms. The maximum absolute atomic E-state index is 12.3. The number of unbranched alkanes of at least 4 members (excludes halogenated alkanes) is 1. The highest BCUT2D eigenvalue weighted by atomic mass is 16.1. The molecular weight excluding hydrogens is 260 g/mol. The predicted octanol–water partition coefficient (Wildman–Crippen LogP) is 3.34. The summed E-state index contributed by atoms with van der Waals surface area (Å²) in [5.41, 5.74) is 0. The minimum Gasteiger partial charge on any atom is -0.356 e. The molecule has 0 aromatic heterocycles. The van der Waals surface area contributed by atoms with E-state index in [0.717, 1.165) is 38.4 Å². The van der Waals surface area contributed by atoms with E-state index in [1.165, 1.54) is 38.5 Å². The smallest absolute Gasteiger partial charge is 0.223 e. The van der Waals surface area contributed by atoms with Crippen molar-refractivity contribution in [3.8, 4) is 0 Å². The molecule has 1 amide bonds. The summed E-state index contributed by atoms with van der Waals surface area (Å²) in [6, 6.07) is 0. The van der Waals surface area contributed by atoms with Crippen LogP contribution in [0, 0.1) is 23.7 Å². The van der Waals surface area contributed by atoms with Crippen molar-refractivity contribution in [1.82, 2.24) is 10.6 Å². The minimum absolute atomic E-state index is 0.292. The summed E-state index contributed by atoms with van der Waals surface area (Å²) in [6.45, 7) is 7.65. The molecule has 122 valence electrons. The number of amides is 1. The first kappa shape index (κ1) is 16.8. The molecule has 0 bridgehead atoms. The van der Waals surface area contributed by atoms with E-state index in [1.807, 2.05) is 0 Å². The molecule has 3 heteroatoms. The average Bonchev–Trinajstić information content (AvgIpc) is 2.52. The third-order valence-corrected chi connectivity index (χ3v) is 5.68. The van der Waals surface area contributed by atoms with Gasteiger partial charge in [0.25, 0.3) is 0 Å². The zero-order valence-electron chi connectivity index (χ0n) is 14.0. The van der Waals surface area contributed by atoms with Crippen molar-refractivity contribution in [2.75, 3.05) is 19.6 Å². The van der Waals surface area contributed by atoms with Crippen molar-refractivity contribution in [1.29, 1.82) is 0 Å². The normalized spacial score (nSPS) is 33.6. The van der Waals surface area contributed by atoms with E-state index in [9.17, 15) is 4.79 Å². The maximum atomic E-state index is 12.3. The highest BCUT2D eigenvalue weighted by Gasteiger charge is 2.27. The van der Waals surface area contributed by atoms with Gasteiger partial charge in [0.05, 0.1) is 0 Å². The van der Waals surface area contributed by atoms with Crippen molar-refractivity contribution >= 4 is 5.91 Å². The van der Waals surface area contributed by atoms with Crippen LogP contribution in [0.15, 0.2) is 0 Å². The average molecular weight is 294 g/mol. The van der Waals surface area contributed by atoms with Crippen molar-refractivity contribution in [2.45, 2.75) is 65.2 Å². The first-order chi connectivity index (χ1) is 10.2. The summed E-state index contributed by atoms with van der Waals surface area (Å²) in [6.07, 6.45) is 9.99. The minimum atomic E-state index is 0.292. The van der Waals surface area contributed by atoms with Crippen LogP contribution >= 0.6 is 0 Å². The van der Waals surface area contributed by atoms with Crippen molar-refractivity contribution in [2.24, 2.45) is 23.7 Å². The van der Waals surface area contributed by atoms with Crippen LogP contribution in [0.2, 0.25) is 0 Å². The summed E-state index contributed by atoms with van der Waals surface area (Å²) in [5, 5.41) is 6.67. The predicted molar refractivity (Wildman–Crippen MR) is 88.1 cm³/mol. The second kappa shape index (κ2) is 8.77. The molecule has 2 aliphatic rings. The third-order valence-electron chi connectivity index (χ3n) is 5.68. The van der Waals surface area contributed by atoms with Crippen molar-refractivity contribution in [3.63, 3.8) is 0 Å². The third kappa shape index (κ3) is 5.28. The Labute approximate surface area is 130 Å². The quantitative estimate of drug-likeness (QED) is 0.789. The molecule has 1 saturated heterocycles. The van der Waals surface area contributed by atoms with E-state index in [1.54, 1.807) is 0 Å².